The second kappa shape index (κ2) is 3.87. The minimum absolute atomic E-state index is 0.00135. The number of hydrogen-bond donors (Lipinski definition) is 2. The molecule has 0 amide bonds. The summed E-state index contributed by atoms with van der Waals surface area (Å²) in [6.07, 6.45) is 2.84. The second-order valence-electron chi connectivity index (χ2n) is 3.60. The van der Waals surface area contributed by atoms with Crippen molar-refractivity contribution < 1.29 is 18.3 Å². The molecule has 16 heavy (non-hydrogen) atoms. The third-order valence-corrected chi connectivity index (χ3v) is 4.38. The van der Waals surface area contributed by atoms with Crippen LogP contribution in [-0.4, -0.2) is 46.9 Å². The van der Waals surface area contributed by atoms with E-state index in [2.05, 4.69) is 9.97 Å². The van der Waals surface area contributed by atoms with Crippen molar-refractivity contribution in [3.05, 3.63) is 12.5 Å². The summed E-state index contributed by atoms with van der Waals surface area (Å²) in [4.78, 5) is 16.9. The number of carbonyl (C=O) groups is 1. The SMILES string of the molecule is O=C(O)C1CCN(S(=O)(=O)c2cnc[nH]2)C1. The van der Waals surface area contributed by atoms with Gasteiger partial charge in [0.05, 0.1) is 18.4 Å². The minimum Gasteiger partial charge on any atom is -0.481 e. The third-order valence-electron chi connectivity index (χ3n) is 2.59. The molecule has 1 aliphatic heterocycles. The van der Waals surface area contributed by atoms with Crippen LogP contribution < -0.4 is 0 Å². The van der Waals surface area contributed by atoms with Crippen molar-refractivity contribution in [2.24, 2.45) is 5.92 Å². The van der Waals surface area contributed by atoms with Gasteiger partial charge in [-0.1, -0.05) is 0 Å². The van der Waals surface area contributed by atoms with Crippen LogP contribution in [0.4, 0.5) is 0 Å². The predicted octanol–water partition coefficient (Wildman–Crippen LogP) is -0.495. The lowest BCUT2D eigenvalue weighted by Crippen LogP contribution is -2.30. The average molecular weight is 245 g/mol. The number of H-pyrrole nitrogens is 1. The zero-order valence-corrected chi connectivity index (χ0v) is 9.14. The molecule has 7 nitrogen and oxygen atoms in total. The van der Waals surface area contributed by atoms with E-state index in [9.17, 15) is 13.2 Å². The number of carboxylic acid groups (broad SMARTS) is 1. The van der Waals surface area contributed by atoms with Crippen LogP contribution >= 0.6 is 0 Å². The summed E-state index contributed by atoms with van der Waals surface area (Å²) in [7, 11) is -3.61. The van der Waals surface area contributed by atoms with Gasteiger partial charge in [-0.25, -0.2) is 13.4 Å². The Labute approximate surface area is 92.2 Å². The van der Waals surface area contributed by atoms with E-state index < -0.39 is 21.9 Å². The van der Waals surface area contributed by atoms with Gasteiger partial charge in [0.2, 0.25) is 0 Å². The molecule has 8 heteroatoms. The van der Waals surface area contributed by atoms with Gasteiger partial charge in [0, 0.05) is 13.1 Å². The summed E-state index contributed by atoms with van der Waals surface area (Å²) in [5.41, 5.74) is 0. The lowest BCUT2D eigenvalue weighted by Gasteiger charge is -2.13. The van der Waals surface area contributed by atoms with E-state index in [4.69, 9.17) is 5.11 Å². The summed E-state index contributed by atoms with van der Waals surface area (Å²) in [5, 5.41) is 8.78. The number of aromatic nitrogens is 2. The summed E-state index contributed by atoms with van der Waals surface area (Å²) in [5.74, 6) is -1.57. The van der Waals surface area contributed by atoms with Gasteiger partial charge in [-0.2, -0.15) is 4.31 Å². The smallest absolute Gasteiger partial charge is 0.307 e. The minimum atomic E-state index is -3.61. The number of aliphatic carboxylic acids is 1. The van der Waals surface area contributed by atoms with Crippen molar-refractivity contribution in [2.45, 2.75) is 11.4 Å². The van der Waals surface area contributed by atoms with E-state index in [1.54, 1.807) is 0 Å². The molecule has 0 saturated carbocycles. The Morgan fingerprint density at radius 1 is 1.62 bits per heavy atom. The molecule has 2 heterocycles. The van der Waals surface area contributed by atoms with E-state index in [1.165, 1.54) is 16.8 Å². The molecule has 2 rings (SSSR count). The number of carboxylic acids is 1. The highest BCUT2D eigenvalue weighted by atomic mass is 32.2. The van der Waals surface area contributed by atoms with E-state index in [0.717, 1.165) is 0 Å². The maximum Gasteiger partial charge on any atom is 0.307 e. The van der Waals surface area contributed by atoms with Crippen LogP contribution in [0, 0.1) is 5.92 Å². The summed E-state index contributed by atoms with van der Waals surface area (Å²) >= 11 is 0. The first-order valence-corrected chi connectivity index (χ1v) is 6.17. The van der Waals surface area contributed by atoms with Crippen molar-refractivity contribution in [1.82, 2.24) is 14.3 Å². The molecular formula is C8H11N3O4S. The lowest BCUT2D eigenvalue weighted by molar-refractivity contribution is -0.141. The maximum atomic E-state index is 11.9. The Morgan fingerprint density at radius 3 is 2.88 bits per heavy atom. The van der Waals surface area contributed by atoms with Crippen molar-refractivity contribution in [3.8, 4) is 0 Å². The molecule has 1 saturated heterocycles. The predicted molar refractivity (Wildman–Crippen MR) is 53.1 cm³/mol. The number of hydrogen-bond acceptors (Lipinski definition) is 4. The highest BCUT2D eigenvalue weighted by Crippen LogP contribution is 2.22. The maximum absolute atomic E-state index is 11.9. The lowest BCUT2D eigenvalue weighted by atomic mass is 10.1. The van der Waals surface area contributed by atoms with Crippen LogP contribution in [0.15, 0.2) is 17.6 Å². The second-order valence-corrected chi connectivity index (χ2v) is 5.51. The first-order valence-electron chi connectivity index (χ1n) is 4.73. The fourth-order valence-corrected chi connectivity index (χ4v) is 3.07. The average Bonchev–Trinajstić information content (AvgIpc) is 2.90. The van der Waals surface area contributed by atoms with Gasteiger partial charge in [-0.05, 0) is 6.42 Å². The van der Waals surface area contributed by atoms with Crippen LogP contribution in [0.3, 0.4) is 0 Å². The fourth-order valence-electron chi connectivity index (χ4n) is 1.67. The van der Waals surface area contributed by atoms with Crippen LogP contribution in [0.25, 0.3) is 0 Å². The zero-order valence-electron chi connectivity index (χ0n) is 8.33. The molecular weight excluding hydrogens is 234 g/mol. The molecule has 0 aromatic carbocycles. The molecule has 0 radical (unpaired) electrons. The monoisotopic (exact) mass is 245 g/mol. The molecule has 2 N–H and O–H groups in total. The summed E-state index contributed by atoms with van der Waals surface area (Å²) in [6, 6.07) is 0. The van der Waals surface area contributed by atoms with Gasteiger partial charge in [0.1, 0.15) is 0 Å². The van der Waals surface area contributed by atoms with Gasteiger partial charge in [0.25, 0.3) is 10.0 Å². The molecule has 0 spiro atoms. The number of nitrogens with zero attached hydrogens (tertiary/aromatic N) is 2. The van der Waals surface area contributed by atoms with Gasteiger partial charge >= 0.3 is 5.97 Å². The van der Waals surface area contributed by atoms with Crippen molar-refractivity contribution in [2.75, 3.05) is 13.1 Å². The molecule has 1 aromatic heterocycles. The normalized spacial score (nSPS) is 22.4. The third kappa shape index (κ3) is 1.81. The molecule has 1 fully saturated rings. The van der Waals surface area contributed by atoms with Crippen molar-refractivity contribution in [3.63, 3.8) is 0 Å². The Kier molecular flexibility index (Phi) is 2.68. The number of nitrogens with one attached hydrogen (secondary N) is 1. The Morgan fingerprint density at radius 2 is 2.38 bits per heavy atom. The van der Waals surface area contributed by atoms with E-state index in [-0.39, 0.29) is 18.1 Å². The molecule has 1 aliphatic rings. The number of imidazole rings is 1. The standard InChI is InChI=1S/C8H11N3O4S/c12-8(13)6-1-2-11(4-6)16(14,15)7-3-9-5-10-7/h3,5-6H,1-2,4H2,(H,9,10)(H,12,13). The van der Waals surface area contributed by atoms with Crippen LogP contribution in [0.5, 0.6) is 0 Å². The summed E-state index contributed by atoms with van der Waals surface area (Å²) in [6.45, 7) is 0.259. The van der Waals surface area contributed by atoms with Gasteiger partial charge in [-0.15, -0.1) is 0 Å². The fraction of sp³-hybridized carbons (Fsp3) is 0.500. The number of rotatable bonds is 3. The molecule has 88 valence electrons. The first-order chi connectivity index (χ1) is 7.51. The Hall–Kier alpha value is -1.41. The van der Waals surface area contributed by atoms with E-state index >= 15 is 0 Å². The quantitative estimate of drug-likeness (QED) is 0.747. The van der Waals surface area contributed by atoms with Gasteiger partial charge in [0.15, 0.2) is 5.03 Å². The highest BCUT2D eigenvalue weighted by molar-refractivity contribution is 7.89. The van der Waals surface area contributed by atoms with Crippen LogP contribution in [-0.2, 0) is 14.8 Å². The summed E-state index contributed by atoms with van der Waals surface area (Å²) < 4.78 is 25.0. The van der Waals surface area contributed by atoms with Gasteiger partial charge in [-0.3, -0.25) is 4.79 Å². The van der Waals surface area contributed by atoms with Gasteiger partial charge < -0.3 is 10.1 Å². The molecule has 1 aromatic rings. The number of sulfonamides is 1. The zero-order chi connectivity index (χ0) is 11.8. The molecule has 0 bridgehead atoms. The van der Waals surface area contributed by atoms with E-state index in [1.807, 2.05) is 0 Å². The number of aromatic amines is 1. The van der Waals surface area contributed by atoms with Crippen molar-refractivity contribution in [1.29, 1.82) is 0 Å². The van der Waals surface area contributed by atoms with E-state index in [0.29, 0.717) is 6.42 Å². The van der Waals surface area contributed by atoms with Crippen LogP contribution in [0.2, 0.25) is 0 Å². The topological polar surface area (TPSA) is 103 Å². The molecule has 1 atom stereocenters. The first kappa shape index (κ1) is 11.1. The molecule has 1 unspecified atom stereocenters. The largest absolute Gasteiger partial charge is 0.481 e. The Balaban J connectivity index is 2.19. The van der Waals surface area contributed by atoms with Crippen molar-refractivity contribution >= 4 is 16.0 Å². The molecule has 0 aliphatic carbocycles. The Bertz CT molecular complexity index is 481. The van der Waals surface area contributed by atoms with Crippen LogP contribution in [0.1, 0.15) is 6.42 Å². The highest BCUT2D eigenvalue weighted by Gasteiger charge is 2.36.